The van der Waals surface area contributed by atoms with E-state index in [9.17, 15) is 31.9 Å². The Kier molecular flexibility index (Phi) is 2.36. The number of hydrogen-bond donors (Lipinski definition) is 0. The lowest BCUT2D eigenvalue weighted by Gasteiger charge is -2.29. The van der Waals surface area contributed by atoms with E-state index in [-0.39, 0.29) is 0 Å². The fourth-order valence-corrected chi connectivity index (χ4v) is 2.39. The molecule has 16 heavy (non-hydrogen) atoms. The van der Waals surface area contributed by atoms with Gasteiger partial charge in [0, 0.05) is 11.9 Å². The lowest BCUT2D eigenvalue weighted by atomic mass is 9.90. The molecule has 1 aliphatic rings. The predicted octanol–water partition coefficient (Wildman–Crippen LogP) is 1.60. The molecule has 2 atom stereocenters. The zero-order valence-corrected chi connectivity index (χ0v) is 8.78. The van der Waals surface area contributed by atoms with Crippen molar-refractivity contribution in [3.63, 3.8) is 0 Å². The average Bonchev–Trinajstić information content (AvgIpc) is 2.45. The zero-order chi connectivity index (χ0) is 13.2. The van der Waals surface area contributed by atoms with Crippen LogP contribution in [0.15, 0.2) is 0 Å². The van der Waals surface area contributed by atoms with Crippen molar-refractivity contribution in [2.75, 3.05) is 0 Å². The third kappa shape index (κ3) is 1.20. The monoisotopic (exact) mass is 245 g/mol. The molecule has 0 aromatic heterocycles. The Bertz CT molecular complexity index is 333. The second-order valence-electron chi connectivity index (χ2n) is 4.75. The van der Waals surface area contributed by atoms with Gasteiger partial charge in [-0.15, -0.1) is 0 Å². The number of carboxylic acids is 1. The molecule has 0 amide bonds. The summed E-state index contributed by atoms with van der Waals surface area (Å²) in [6.45, 7) is 2.75. The largest absolute Gasteiger partial charge is 0.550 e. The van der Waals surface area contributed by atoms with Crippen molar-refractivity contribution in [1.82, 2.24) is 0 Å². The smallest absolute Gasteiger partial charge is 0.453 e. The van der Waals surface area contributed by atoms with E-state index in [1.54, 1.807) is 0 Å². The predicted molar refractivity (Wildman–Crippen MR) is 41.4 cm³/mol. The van der Waals surface area contributed by atoms with E-state index in [1.807, 2.05) is 0 Å². The lowest BCUT2D eigenvalue weighted by molar-refractivity contribution is -0.323. The number of hydrogen-bond acceptors (Lipinski definition) is 2. The molecule has 0 spiro atoms. The SMILES string of the molecule is CC1(C)C(C(=O)[O-])C1(C)C(F)(F)C(F)(F)F. The van der Waals surface area contributed by atoms with E-state index in [4.69, 9.17) is 0 Å². The Morgan fingerprint density at radius 3 is 1.69 bits per heavy atom. The molecule has 1 fully saturated rings. The number of alkyl halides is 5. The van der Waals surface area contributed by atoms with Gasteiger partial charge < -0.3 is 9.90 Å². The summed E-state index contributed by atoms with van der Waals surface area (Å²) < 4.78 is 62.9. The van der Waals surface area contributed by atoms with Crippen LogP contribution >= 0.6 is 0 Å². The summed E-state index contributed by atoms with van der Waals surface area (Å²) in [6.07, 6.45) is -5.76. The van der Waals surface area contributed by atoms with Crippen LogP contribution in [-0.4, -0.2) is 18.1 Å². The maximum absolute atomic E-state index is 13.2. The molecule has 7 heteroatoms. The molecule has 0 aliphatic heterocycles. The minimum atomic E-state index is -5.76. The summed E-state index contributed by atoms with van der Waals surface area (Å²) in [6, 6.07) is 0. The number of carbonyl (C=O) groups is 1. The van der Waals surface area contributed by atoms with E-state index >= 15 is 0 Å². The molecular weight excluding hydrogens is 235 g/mol. The van der Waals surface area contributed by atoms with Crippen LogP contribution < -0.4 is 5.11 Å². The van der Waals surface area contributed by atoms with Crippen molar-refractivity contribution in [3.8, 4) is 0 Å². The van der Waals surface area contributed by atoms with Gasteiger partial charge in [0.05, 0.1) is 5.41 Å². The highest BCUT2D eigenvalue weighted by atomic mass is 19.4. The molecule has 0 saturated heterocycles. The second-order valence-corrected chi connectivity index (χ2v) is 4.75. The summed E-state index contributed by atoms with van der Waals surface area (Å²) >= 11 is 0. The molecule has 2 nitrogen and oxygen atoms in total. The maximum atomic E-state index is 13.2. The van der Waals surface area contributed by atoms with Gasteiger partial charge in [-0.25, -0.2) is 0 Å². The van der Waals surface area contributed by atoms with E-state index in [2.05, 4.69) is 0 Å². The van der Waals surface area contributed by atoms with Crippen LogP contribution in [0, 0.1) is 16.7 Å². The van der Waals surface area contributed by atoms with Gasteiger partial charge in [-0.05, 0) is 5.41 Å². The fraction of sp³-hybridized carbons (Fsp3) is 0.889. The average molecular weight is 245 g/mol. The van der Waals surface area contributed by atoms with Crippen molar-refractivity contribution in [1.29, 1.82) is 0 Å². The number of aliphatic carboxylic acids is 1. The molecule has 0 aromatic rings. The molecule has 0 aromatic carbocycles. The number of carboxylic acid groups (broad SMARTS) is 1. The Morgan fingerprint density at radius 2 is 1.50 bits per heavy atom. The fourth-order valence-electron chi connectivity index (χ4n) is 2.39. The minimum absolute atomic E-state index is 0.626. The highest BCUT2D eigenvalue weighted by Gasteiger charge is 2.85. The molecule has 1 aliphatic carbocycles. The summed E-state index contributed by atoms with van der Waals surface area (Å²) in [5, 5.41) is 10.6. The van der Waals surface area contributed by atoms with Crippen molar-refractivity contribution < 1.29 is 31.9 Å². The summed E-state index contributed by atoms with van der Waals surface area (Å²) in [7, 11) is 0. The third-order valence-corrected chi connectivity index (χ3v) is 3.80. The van der Waals surface area contributed by atoms with E-state index in [0.717, 1.165) is 13.8 Å². The quantitative estimate of drug-likeness (QED) is 0.693. The molecule has 0 heterocycles. The van der Waals surface area contributed by atoms with E-state index < -0.39 is 34.8 Å². The Hall–Kier alpha value is -0.880. The van der Waals surface area contributed by atoms with Crippen LogP contribution in [-0.2, 0) is 4.79 Å². The van der Waals surface area contributed by atoms with Crippen LogP contribution in [0.1, 0.15) is 20.8 Å². The number of carbonyl (C=O) groups excluding carboxylic acids is 1. The van der Waals surface area contributed by atoms with Gasteiger partial charge in [0.25, 0.3) is 0 Å². The summed E-state index contributed by atoms with van der Waals surface area (Å²) in [5.74, 6) is -8.73. The van der Waals surface area contributed by atoms with E-state index in [1.165, 1.54) is 0 Å². The topological polar surface area (TPSA) is 40.1 Å². The minimum Gasteiger partial charge on any atom is -0.550 e. The van der Waals surface area contributed by atoms with Gasteiger partial charge in [0.1, 0.15) is 0 Å². The van der Waals surface area contributed by atoms with Crippen molar-refractivity contribution in [3.05, 3.63) is 0 Å². The first kappa shape index (κ1) is 13.2. The first-order valence-corrected chi connectivity index (χ1v) is 4.47. The molecule has 2 unspecified atom stereocenters. The first-order valence-electron chi connectivity index (χ1n) is 4.47. The normalized spacial score (nSPS) is 33.6. The first-order chi connectivity index (χ1) is 6.82. The molecule has 0 bridgehead atoms. The molecular formula is C9H10F5O2-. The Morgan fingerprint density at radius 1 is 1.12 bits per heavy atom. The Labute approximate surface area is 88.4 Å². The van der Waals surface area contributed by atoms with Gasteiger partial charge >= 0.3 is 12.1 Å². The van der Waals surface area contributed by atoms with Gasteiger partial charge in [0.2, 0.25) is 0 Å². The third-order valence-electron chi connectivity index (χ3n) is 3.80. The van der Waals surface area contributed by atoms with Crippen LogP contribution in [0.5, 0.6) is 0 Å². The molecule has 1 rings (SSSR count). The van der Waals surface area contributed by atoms with Crippen molar-refractivity contribution in [2.45, 2.75) is 32.9 Å². The second kappa shape index (κ2) is 2.87. The highest BCUT2D eigenvalue weighted by Crippen LogP contribution is 2.76. The van der Waals surface area contributed by atoms with Gasteiger partial charge in [-0.3, -0.25) is 0 Å². The highest BCUT2D eigenvalue weighted by molar-refractivity contribution is 5.75. The molecule has 94 valence electrons. The number of rotatable bonds is 2. The van der Waals surface area contributed by atoms with Crippen LogP contribution in [0.2, 0.25) is 0 Å². The van der Waals surface area contributed by atoms with Gasteiger partial charge in [0.15, 0.2) is 0 Å². The van der Waals surface area contributed by atoms with E-state index in [0.29, 0.717) is 6.92 Å². The van der Waals surface area contributed by atoms with Gasteiger partial charge in [-0.2, -0.15) is 22.0 Å². The summed E-state index contributed by atoms with van der Waals surface area (Å²) in [4.78, 5) is 10.6. The lowest BCUT2D eigenvalue weighted by Crippen LogP contribution is -2.47. The Balaban J connectivity index is 3.21. The molecule has 0 N–H and O–H groups in total. The van der Waals surface area contributed by atoms with Crippen LogP contribution in [0.25, 0.3) is 0 Å². The van der Waals surface area contributed by atoms with Crippen LogP contribution in [0.3, 0.4) is 0 Å². The number of halogens is 5. The molecule has 1 saturated carbocycles. The molecule has 0 radical (unpaired) electrons. The van der Waals surface area contributed by atoms with Crippen LogP contribution in [0.4, 0.5) is 22.0 Å². The van der Waals surface area contributed by atoms with Crippen molar-refractivity contribution >= 4 is 5.97 Å². The maximum Gasteiger partial charge on any atom is 0.453 e. The van der Waals surface area contributed by atoms with Gasteiger partial charge in [-0.1, -0.05) is 20.8 Å². The summed E-state index contributed by atoms with van der Waals surface area (Å²) in [5.41, 5.74) is -4.30. The van der Waals surface area contributed by atoms with Crippen molar-refractivity contribution in [2.24, 2.45) is 16.7 Å². The standard InChI is InChI=1S/C9H11F5O2/c1-6(2)4(5(15)16)7(6,3)8(10,11)9(12,13)14/h4H,1-3H3,(H,15,16)/p-1. The zero-order valence-electron chi connectivity index (χ0n) is 8.78.